The third-order valence-corrected chi connectivity index (χ3v) is 5.17. The number of carbonyl (C=O) groups excluding carboxylic acids is 1. The number of hydrogen-bond acceptors (Lipinski definition) is 2. The first kappa shape index (κ1) is 19.0. The van der Waals surface area contributed by atoms with Gasteiger partial charge in [-0.2, -0.15) is 0 Å². The van der Waals surface area contributed by atoms with Crippen molar-refractivity contribution in [2.45, 2.75) is 6.54 Å². The first-order chi connectivity index (χ1) is 14.3. The molecule has 1 aliphatic rings. The summed E-state index contributed by atoms with van der Waals surface area (Å²) < 4.78 is 0. The van der Waals surface area contributed by atoms with Crippen LogP contribution in [0.2, 0.25) is 0 Å². The Morgan fingerprint density at radius 3 is 1.86 bits per heavy atom. The maximum atomic E-state index is 12.8. The smallest absolute Gasteiger partial charge is 0.253 e. The summed E-state index contributed by atoms with van der Waals surface area (Å²) in [7, 11) is 0. The van der Waals surface area contributed by atoms with Crippen molar-refractivity contribution in [3.63, 3.8) is 0 Å². The lowest BCUT2D eigenvalue weighted by molar-refractivity contribution is 0.0628. The Labute approximate surface area is 172 Å². The van der Waals surface area contributed by atoms with Crippen LogP contribution < -0.4 is 0 Å². The monoisotopic (exact) mass is 380 g/mol. The molecule has 0 aromatic heterocycles. The van der Waals surface area contributed by atoms with Crippen molar-refractivity contribution >= 4 is 5.91 Å². The molecule has 1 amide bonds. The van der Waals surface area contributed by atoms with Crippen LogP contribution in [-0.2, 0) is 6.54 Å². The molecule has 0 saturated carbocycles. The van der Waals surface area contributed by atoms with E-state index in [2.05, 4.69) is 41.0 Å². The molecule has 4 rings (SSSR count). The maximum Gasteiger partial charge on any atom is 0.253 e. The minimum Gasteiger partial charge on any atom is -0.336 e. The number of amides is 1. The maximum absolute atomic E-state index is 12.8. The number of hydrogen-bond donors (Lipinski definition) is 0. The highest BCUT2D eigenvalue weighted by atomic mass is 16.2. The summed E-state index contributed by atoms with van der Waals surface area (Å²) in [5, 5.41) is 0. The molecular weight excluding hydrogens is 356 g/mol. The van der Waals surface area contributed by atoms with Gasteiger partial charge in [0.05, 0.1) is 0 Å². The minimum absolute atomic E-state index is 0.104. The van der Waals surface area contributed by atoms with Crippen molar-refractivity contribution in [1.82, 2.24) is 9.80 Å². The molecule has 1 fully saturated rings. The second-order valence-electron chi connectivity index (χ2n) is 7.25. The van der Waals surface area contributed by atoms with Gasteiger partial charge in [-0.15, -0.1) is 0 Å². The van der Waals surface area contributed by atoms with Crippen molar-refractivity contribution in [2.24, 2.45) is 0 Å². The zero-order chi connectivity index (χ0) is 19.9. The average molecular weight is 380 g/mol. The van der Waals surface area contributed by atoms with Crippen LogP contribution in [0.4, 0.5) is 0 Å². The minimum atomic E-state index is 0.104. The number of piperazine rings is 1. The molecule has 3 aromatic rings. The second kappa shape index (κ2) is 9.23. The molecule has 1 heterocycles. The lowest BCUT2D eigenvalue weighted by atomic mass is 10.1. The lowest BCUT2D eigenvalue weighted by Crippen LogP contribution is -2.48. The van der Waals surface area contributed by atoms with Gasteiger partial charge in [0.1, 0.15) is 0 Å². The van der Waals surface area contributed by atoms with Gasteiger partial charge in [-0.05, 0) is 42.0 Å². The molecule has 0 spiro atoms. The largest absolute Gasteiger partial charge is 0.336 e. The van der Waals surface area contributed by atoms with Crippen LogP contribution in [0.3, 0.4) is 0 Å². The molecule has 29 heavy (non-hydrogen) atoms. The summed E-state index contributed by atoms with van der Waals surface area (Å²) in [6.07, 6.45) is 0. The van der Waals surface area contributed by atoms with E-state index in [0.29, 0.717) is 0 Å². The van der Waals surface area contributed by atoms with Crippen molar-refractivity contribution < 1.29 is 4.79 Å². The van der Waals surface area contributed by atoms with E-state index in [0.717, 1.165) is 49.4 Å². The molecule has 3 aromatic carbocycles. The molecule has 3 heteroatoms. The molecule has 0 N–H and O–H groups in total. The normalized spacial score (nSPS) is 14.1. The van der Waals surface area contributed by atoms with Gasteiger partial charge >= 0.3 is 0 Å². The van der Waals surface area contributed by atoms with E-state index in [-0.39, 0.29) is 5.91 Å². The molecule has 0 aliphatic carbocycles. The van der Waals surface area contributed by atoms with Crippen LogP contribution in [0, 0.1) is 11.8 Å². The van der Waals surface area contributed by atoms with E-state index in [1.54, 1.807) is 0 Å². The number of rotatable bonds is 3. The molecule has 0 atom stereocenters. The van der Waals surface area contributed by atoms with E-state index in [9.17, 15) is 4.79 Å². The summed E-state index contributed by atoms with van der Waals surface area (Å²) in [5.74, 6) is 6.40. The number of benzene rings is 3. The Morgan fingerprint density at radius 1 is 0.690 bits per heavy atom. The van der Waals surface area contributed by atoms with E-state index in [4.69, 9.17) is 0 Å². The van der Waals surface area contributed by atoms with Gasteiger partial charge < -0.3 is 4.90 Å². The van der Waals surface area contributed by atoms with Crippen molar-refractivity contribution in [1.29, 1.82) is 0 Å². The van der Waals surface area contributed by atoms with E-state index in [1.165, 1.54) is 5.56 Å². The van der Waals surface area contributed by atoms with Crippen molar-refractivity contribution in [3.05, 3.63) is 107 Å². The van der Waals surface area contributed by atoms with E-state index in [1.807, 2.05) is 65.6 Å². The topological polar surface area (TPSA) is 23.6 Å². The number of nitrogens with zero attached hydrogens (tertiary/aromatic N) is 2. The SMILES string of the molecule is O=C(c1ccc(C#Cc2ccccc2)cc1)N1CCN(Cc2ccccc2)CC1. The second-order valence-corrected chi connectivity index (χ2v) is 7.25. The fourth-order valence-electron chi connectivity index (χ4n) is 3.50. The Morgan fingerprint density at radius 2 is 1.24 bits per heavy atom. The number of carbonyl (C=O) groups is 1. The van der Waals surface area contributed by atoms with E-state index < -0.39 is 0 Å². The molecule has 1 aliphatic heterocycles. The highest BCUT2D eigenvalue weighted by molar-refractivity contribution is 5.94. The molecule has 0 bridgehead atoms. The molecule has 3 nitrogen and oxygen atoms in total. The highest BCUT2D eigenvalue weighted by Crippen LogP contribution is 2.12. The van der Waals surface area contributed by atoms with Gasteiger partial charge in [-0.25, -0.2) is 0 Å². The van der Waals surface area contributed by atoms with Gasteiger partial charge in [0, 0.05) is 49.4 Å². The zero-order valence-corrected chi connectivity index (χ0v) is 16.4. The van der Waals surface area contributed by atoms with Gasteiger partial charge in [0.25, 0.3) is 5.91 Å². The Hall–Kier alpha value is -3.35. The molecule has 1 saturated heterocycles. The van der Waals surface area contributed by atoms with Gasteiger partial charge in [0.15, 0.2) is 0 Å². The van der Waals surface area contributed by atoms with Crippen LogP contribution in [0.15, 0.2) is 84.9 Å². The third kappa shape index (κ3) is 5.13. The molecular formula is C26H24N2O. The Balaban J connectivity index is 1.32. The van der Waals surface area contributed by atoms with Crippen LogP contribution in [-0.4, -0.2) is 41.9 Å². The van der Waals surface area contributed by atoms with Gasteiger partial charge in [-0.3, -0.25) is 9.69 Å². The summed E-state index contributed by atoms with van der Waals surface area (Å²) >= 11 is 0. The Kier molecular flexibility index (Phi) is 6.04. The quantitative estimate of drug-likeness (QED) is 0.640. The van der Waals surface area contributed by atoms with Crippen molar-refractivity contribution in [3.8, 4) is 11.8 Å². The van der Waals surface area contributed by atoms with E-state index >= 15 is 0 Å². The van der Waals surface area contributed by atoms with Crippen LogP contribution >= 0.6 is 0 Å². The van der Waals surface area contributed by atoms with Crippen LogP contribution in [0.5, 0.6) is 0 Å². The zero-order valence-electron chi connectivity index (χ0n) is 16.4. The molecule has 0 radical (unpaired) electrons. The first-order valence-electron chi connectivity index (χ1n) is 10.0. The third-order valence-electron chi connectivity index (χ3n) is 5.17. The van der Waals surface area contributed by atoms with Gasteiger partial charge in [0.2, 0.25) is 0 Å². The summed E-state index contributed by atoms with van der Waals surface area (Å²) in [6, 6.07) is 28.0. The predicted octanol–water partition coefficient (Wildman–Crippen LogP) is 4.04. The summed E-state index contributed by atoms with van der Waals surface area (Å²) in [5.41, 5.74) is 3.95. The standard InChI is InChI=1S/C26H24N2O/c29-26(28-19-17-27(18-20-28)21-24-9-5-2-6-10-24)25-15-13-23(14-16-25)12-11-22-7-3-1-4-8-22/h1-10,13-16H,17-21H2. The average Bonchev–Trinajstić information content (AvgIpc) is 2.79. The van der Waals surface area contributed by atoms with Crippen LogP contribution in [0.1, 0.15) is 27.0 Å². The molecule has 0 unspecified atom stereocenters. The van der Waals surface area contributed by atoms with Crippen LogP contribution in [0.25, 0.3) is 0 Å². The fourth-order valence-corrected chi connectivity index (χ4v) is 3.50. The van der Waals surface area contributed by atoms with Crippen molar-refractivity contribution in [2.75, 3.05) is 26.2 Å². The fraction of sp³-hybridized carbons (Fsp3) is 0.192. The summed E-state index contributed by atoms with van der Waals surface area (Å²) in [6.45, 7) is 4.28. The Bertz CT molecular complexity index is 993. The first-order valence-corrected chi connectivity index (χ1v) is 10.0. The summed E-state index contributed by atoms with van der Waals surface area (Å²) in [4.78, 5) is 17.2. The molecule has 144 valence electrons. The van der Waals surface area contributed by atoms with Gasteiger partial charge in [-0.1, -0.05) is 60.4 Å². The predicted molar refractivity (Wildman–Crippen MR) is 116 cm³/mol. The highest BCUT2D eigenvalue weighted by Gasteiger charge is 2.22. The lowest BCUT2D eigenvalue weighted by Gasteiger charge is -2.34.